The van der Waals surface area contributed by atoms with Crippen molar-refractivity contribution in [2.24, 2.45) is 0 Å². The fourth-order valence-electron chi connectivity index (χ4n) is 3.55. The Morgan fingerprint density at radius 1 is 1.07 bits per heavy atom. The summed E-state index contributed by atoms with van der Waals surface area (Å²) in [5.41, 5.74) is 2.03. The first-order valence-electron chi connectivity index (χ1n) is 10.4. The van der Waals surface area contributed by atoms with E-state index in [2.05, 4.69) is 17.0 Å². The van der Waals surface area contributed by atoms with Crippen LogP contribution in [0.3, 0.4) is 0 Å². The van der Waals surface area contributed by atoms with Gasteiger partial charge in [0.05, 0.1) is 10.3 Å². The van der Waals surface area contributed by atoms with E-state index in [0.717, 1.165) is 43.2 Å². The Kier molecular flexibility index (Phi) is 7.15. The van der Waals surface area contributed by atoms with Gasteiger partial charge in [-0.3, -0.25) is 9.52 Å². The minimum Gasteiger partial charge on any atom is -0.385 e. The molecule has 1 aliphatic carbocycles. The number of methoxy groups -OCH3 is 1. The van der Waals surface area contributed by atoms with Gasteiger partial charge in [-0.1, -0.05) is 37.6 Å². The summed E-state index contributed by atoms with van der Waals surface area (Å²) in [6.45, 7) is 3.29. The molecular weight excluding hydrogens is 400 g/mol. The molecule has 162 valence electrons. The van der Waals surface area contributed by atoms with Gasteiger partial charge in [-0.05, 0) is 61.1 Å². The fourth-order valence-corrected chi connectivity index (χ4v) is 4.61. The summed E-state index contributed by atoms with van der Waals surface area (Å²) in [5, 5.41) is 2.98. The number of hydrogen-bond donors (Lipinski definition) is 2. The van der Waals surface area contributed by atoms with Crippen LogP contribution in [-0.2, 0) is 31.4 Å². The molecule has 1 amide bonds. The zero-order valence-electron chi connectivity index (χ0n) is 17.6. The minimum absolute atomic E-state index is 0.0269. The average molecular weight is 431 g/mol. The number of carbonyl (C=O) groups is 1. The highest BCUT2D eigenvalue weighted by molar-refractivity contribution is 7.92. The summed E-state index contributed by atoms with van der Waals surface area (Å²) < 4.78 is 32.9. The quantitative estimate of drug-likeness (QED) is 0.533. The van der Waals surface area contributed by atoms with E-state index in [9.17, 15) is 13.2 Å². The Balaban J connectivity index is 1.64. The molecule has 3 rings (SSSR count). The van der Waals surface area contributed by atoms with Crippen molar-refractivity contribution in [2.75, 3.05) is 25.0 Å². The first-order chi connectivity index (χ1) is 14.4. The predicted molar refractivity (Wildman–Crippen MR) is 118 cm³/mol. The number of anilines is 1. The average Bonchev–Trinajstić information content (AvgIpc) is 3.54. The lowest BCUT2D eigenvalue weighted by Crippen LogP contribution is -2.35. The highest BCUT2D eigenvalue weighted by Crippen LogP contribution is 2.48. The van der Waals surface area contributed by atoms with Crippen LogP contribution >= 0.6 is 0 Å². The van der Waals surface area contributed by atoms with Crippen LogP contribution < -0.4 is 10.0 Å². The summed E-state index contributed by atoms with van der Waals surface area (Å²) in [6, 6.07) is 14.1. The highest BCUT2D eigenvalue weighted by atomic mass is 32.2. The van der Waals surface area contributed by atoms with Crippen molar-refractivity contribution in [1.82, 2.24) is 5.32 Å². The second kappa shape index (κ2) is 9.62. The molecule has 0 saturated heterocycles. The predicted octanol–water partition coefficient (Wildman–Crippen LogP) is 3.62. The molecule has 0 bridgehead atoms. The number of aryl methyl sites for hydroxylation is 1. The van der Waals surface area contributed by atoms with E-state index in [1.165, 1.54) is 0 Å². The lowest BCUT2D eigenvalue weighted by Gasteiger charge is -2.16. The largest absolute Gasteiger partial charge is 0.385 e. The Morgan fingerprint density at radius 2 is 1.73 bits per heavy atom. The lowest BCUT2D eigenvalue weighted by atomic mass is 9.95. The van der Waals surface area contributed by atoms with Crippen LogP contribution in [0, 0.1) is 0 Å². The van der Waals surface area contributed by atoms with Crippen LogP contribution in [0.2, 0.25) is 0 Å². The van der Waals surface area contributed by atoms with E-state index in [0.29, 0.717) is 18.8 Å². The third-order valence-electron chi connectivity index (χ3n) is 5.46. The lowest BCUT2D eigenvalue weighted by molar-refractivity contribution is -0.123. The first kappa shape index (κ1) is 22.3. The molecule has 1 aliphatic rings. The van der Waals surface area contributed by atoms with Crippen molar-refractivity contribution in [3.8, 4) is 0 Å². The summed E-state index contributed by atoms with van der Waals surface area (Å²) in [5.74, 6) is 0.0269. The molecule has 0 unspecified atom stereocenters. The van der Waals surface area contributed by atoms with E-state index in [1.54, 1.807) is 31.4 Å². The number of hydrogen-bond acceptors (Lipinski definition) is 4. The maximum atomic E-state index is 12.7. The van der Waals surface area contributed by atoms with Gasteiger partial charge in [0.1, 0.15) is 0 Å². The van der Waals surface area contributed by atoms with Gasteiger partial charge in [0.25, 0.3) is 10.0 Å². The Labute approximate surface area is 179 Å². The summed E-state index contributed by atoms with van der Waals surface area (Å²) in [7, 11) is -2.01. The second-order valence-electron chi connectivity index (χ2n) is 7.76. The van der Waals surface area contributed by atoms with Gasteiger partial charge in [0.2, 0.25) is 5.91 Å². The van der Waals surface area contributed by atoms with E-state index < -0.39 is 15.4 Å². The molecule has 0 heterocycles. The number of rotatable bonds is 11. The molecule has 6 nitrogen and oxygen atoms in total. The van der Waals surface area contributed by atoms with Crippen LogP contribution in [0.25, 0.3) is 0 Å². The SMILES string of the molecule is CCCc1ccc(S(=O)(=O)Nc2ccc(C3(C(=O)NCCCOC)CC3)cc2)cc1. The van der Waals surface area contributed by atoms with Crippen LogP contribution in [0.15, 0.2) is 53.4 Å². The topological polar surface area (TPSA) is 84.5 Å². The molecule has 0 radical (unpaired) electrons. The van der Waals surface area contributed by atoms with Gasteiger partial charge in [-0.2, -0.15) is 0 Å². The molecular formula is C23H30N2O4S. The smallest absolute Gasteiger partial charge is 0.261 e. The van der Waals surface area contributed by atoms with Gasteiger partial charge >= 0.3 is 0 Å². The third-order valence-corrected chi connectivity index (χ3v) is 6.85. The van der Waals surface area contributed by atoms with Gasteiger partial charge in [0, 0.05) is 25.9 Å². The summed E-state index contributed by atoms with van der Waals surface area (Å²) in [4.78, 5) is 12.8. The Morgan fingerprint density at radius 3 is 2.30 bits per heavy atom. The van der Waals surface area contributed by atoms with Crippen LogP contribution in [0.4, 0.5) is 5.69 Å². The molecule has 1 fully saturated rings. The number of ether oxygens (including phenoxy) is 1. The normalized spacial score (nSPS) is 14.9. The number of carbonyl (C=O) groups excluding carboxylic acids is 1. The third kappa shape index (κ3) is 5.21. The first-order valence-corrected chi connectivity index (χ1v) is 11.9. The van der Waals surface area contributed by atoms with E-state index in [-0.39, 0.29) is 10.8 Å². The van der Waals surface area contributed by atoms with Crippen molar-refractivity contribution in [1.29, 1.82) is 0 Å². The van der Waals surface area contributed by atoms with Crippen molar-refractivity contribution in [3.63, 3.8) is 0 Å². The molecule has 0 aromatic heterocycles. The molecule has 2 N–H and O–H groups in total. The minimum atomic E-state index is -3.65. The number of sulfonamides is 1. The zero-order chi connectivity index (χ0) is 21.6. The molecule has 1 saturated carbocycles. The Hall–Kier alpha value is -2.38. The Bertz CT molecular complexity index is 950. The van der Waals surface area contributed by atoms with Crippen molar-refractivity contribution in [3.05, 3.63) is 59.7 Å². The maximum absolute atomic E-state index is 12.7. The molecule has 7 heteroatoms. The van der Waals surface area contributed by atoms with E-state index in [4.69, 9.17) is 4.74 Å². The fraction of sp³-hybridized carbons (Fsp3) is 0.435. The molecule has 0 aliphatic heterocycles. The van der Waals surface area contributed by atoms with Crippen molar-refractivity contribution < 1.29 is 17.9 Å². The van der Waals surface area contributed by atoms with Gasteiger partial charge in [-0.15, -0.1) is 0 Å². The molecule has 2 aromatic carbocycles. The number of benzene rings is 2. The molecule has 2 aromatic rings. The van der Waals surface area contributed by atoms with E-state index in [1.807, 2.05) is 24.3 Å². The van der Waals surface area contributed by atoms with Gasteiger partial charge < -0.3 is 10.1 Å². The standard InChI is InChI=1S/C23H30N2O4S/c1-3-5-18-6-12-21(13-7-18)30(27,28)25-20-10-8-19(9-11-20)23(14-15-23)22(26)24-16-4-17-29-2/h6-13,25H,3-5,14-17H2,1-2H3,(H,24,26). The van der Waals surface area contributed by atoms with Crippen molar-refractivity contribution >= 4 is 21.6 Å². The van der Waals surface area contributed by atoms with Crippen LogP contribution in [-0.4, -0.2) is 34.6 Å². The molecule has 0 atom stereocenters. The number of nitrogens with one attached hydrogen (secondary N) is 2. The second-order valence-corrected chi connectivity index (χ2v) is 9.44. The maximum Gasteiger partial charge on any atom is 0.261 e. The van der Waals surface area contributed by atoms with Crippen LogP contribution in [0.1, 0.15) is 43.7 Å². The van der Waals surface area contributed by atoms with Crippen LogP contribution in [0.5, 0.6) is 0 Å². The highest BCUT2D eigenvalue weighted by Gasteiger charge is 2.50. The summed E-state index contributed by atoms with van der Waals surface area (Å²) >= 11 is 0. The summed E-state index contributed by atoms with van der Waals surface area (Å²) in [6.07, 6.45) is 4.33. The zero-order valence-corrected chi connectivity index (χ0v) is 18.4. The van der Waals surface area contributed by atoms with Gasteiger partial charge in [-0.25, -0.2) is 8.42 Å². The molecule has 0 spiro atoms. The van der Waals surface area contributed by atoms with Gasteiger partial charge in [0.15, 0.2) is 0 Å². The van der Waals surface area contributed by atoms with E-state index >= 15 is 0 Å². The monoisotopic (exact) mass is 430 g/mol. The van der Waals surface area contributed by atoms with Crippen molar-refractivity contribution in [2.45, 2.75) is 49.3 Å². The molecule has 30 heavy (non-hydrogen) atoms. The number of amides is 1.